The minimum absolute atomic E-state index is 0.108. The number of nitrogens with zero attached hydrogens (tertiary/aromatic N) is 5. The Morgan fingerprint density at radius 1 is 1.13 bits per heavy atom. The number of carbonyl (C=O) groups is 2. The largest absolute Gasteiger partial charge is 0.370 e. The fraction of sp³-hybridized carbons (Fsp3) is 0.350. The number of hydrogen-bond donors (Lipinski definition) is 2. The molecule has 1 aromatic carbocycles. The first-order valence-corrected chi connectivity index (χ1v) is 9.63. The maximum Gasteiger partial charge on any atom is 0.291 e. The van der Waals surface area contributed by atoms with Crippen LogP contribution >= 0.6 is 0 Å². The molecule has 10 nitrogen and oxygen atoms in total. The van der Waals surface area contributed by atoms with Gasteiger partial charge in [0, 0.05) is 39.2 Å². The van der Waals surface area contributed by atoms with Gasteiger partial charge < -0.3 is 15.4 Å². The lowest BCUT2D eigenvalue weighted by molar-refractivity contribution is 0.0264. The number of amides is 2. The van der Waals surface area contributed by atoms with Gasteiger partial charge in [0.15, 0.2) is 0 Å². The van der Waals surface area contributed by atoms with Crippen molar-refractivity contribution in [1.82, 2.24) is 35.2 Å². The molecule has 1 unspecified atom stereocenters. The summed E-state index contributed by atoms with van der Waals surface area (Å²) in [5.41, 5.74) is 3.14. The molecule has 1 aliphatic heterocycles. The third kappa shape index (κ3) is 4.23. The predicted molar refractivity (Wildman–Crippen MR) is 106 cm³/mol. The van der Waals surface area contributed by atoms with E-state index < -0.39 is 0 Å². The molecule has 156 valence electrons. The Morgan fingerprint density at radius 3 is 2.67 bits per heavy atom. The van der Waals surface area contributed by atoms with Crippen molar-refractivity contribution in [2.45, 2.75) is 25.7 Å². The van der Waals surface area contributed by atoms with E-state index in [0.717, 1.165) is 16.8 Å². The van der Waals surface area contributed by atoms with E-state index in [1.165, 1.54) is 11.0 Å². The fourth-order valence-electron chi connectivity index (χ4n) is 3.44. The standard InChI is InChI=1S/C20H23N7O3/c1-26-12-23-18(25-26)20(29)22-10-14-8-15-16(11-30-14)24-27(2)17(15)19(28)21-9-13-6-4-3-5-7-13/h3-7,12,14H,8-11H2,1-2H3,(H,21,28)(H,22,29). The van der Waals surface area contributed by atoms with E-state index in [9.17, 15) is 9.59 Å². The summed E-state index contributed by atoms with van der Waals surface area (Å²) in [5, 5.41) is 14.1. The van der Waals surface area contributed by atoms with Gasteiger partial charge in [0.2, 0.25) is 5.82 Å². The molecule has 0 bridgehead atoms. The summed E-state index contributed by atoms with van der Waals surface area (Å²) in [6, 6.07) is 9.73. The van der Waals surface area contributed by atoms with Crippen LogP contribution in [0.1, 0.15) is 37.9 Å². The van der Waals surface area contributed by atoms with Gasteiger partial charge in [0.05, 0.1) is 18.4 Å². The minimum Gasteiger partial charge on any atom is -0.370 e. The van der Waals surface area contributed by atoms with Crippen LogP contribution in [0.15, 0.2) is 36.7 Å². The quantitative estimate of drug-likeness (QED) is 0.607. The third-order valence-corrected chi connectivity index (χ3v) is 4.92. The first-order chi connectivity index (χ1) is 14.5. The van der Waals surface area contributed by atoms with Crippen LogP contribution in [0.3, 0.4) is 0 Å². The van der Waals surface area contributed by atoms with E-state index in [4.69, 9.17) is 4.74 Å². The Balaban J connectivity index is 1.40. The van der Waals surface area contributed by atoms with Gasteiger partial charge in [0.1, 0.15) is 12.0 Å². The molecule has 30 heavy (non-hydrogen) atoms. The lowest BCUT2D eigenvalue weighted by Crippen LogP contribution is -2.37. The molecule has 0 aliphatic carbocycles. The lowest BCUT2D eigenvalue weighted by Gasteiger charge is -2.23. The smallest absolute Gasteiger partial charge is 0.291 e. The molecular formula is C20H23N7O3. The molecule has 0 saturated heterocycles. The fourth-order valence-corrected chi connectivity index (χ4v) is 3.44. The molecule has 10 heteroatoms. The molecule has 0 saturated carbocycles. The summed E-state index contributed by atoms with van der Waals surface area (Å²) in [6.45, 7) is 1.01. The average Bonchev–Trinajstić information content (AvgIpc) is 3.33. The Labute approximate surface area is 173 Å². The first-order valence-electron chi connectivity index (χ1n) is 9.63. The van der Waals surface area contributed by atoms with Crippen LogP contribution < -0.4 is 10.6 Å². The number of rotatable bonds is 6. The molecule has 0 radical (unpaired) electrons. The van der Waals surface area contributed by atoms with Crippen LogP contribution in [0.25, 0.3) is 0 Å². The highest BCUT2D eigenvalue weighted by molar-refractivity contribution is 5.94. The minimum atomic E-state index is -0.364. The number of aryl methyl sites for hydroxylation is 2. The summed E-state index contributed by atoms with van der Waals surface area (Å²) in [4.78, 5) is 28.9. The van der Waals surface area contributed by atoms with E-state index in [2.05, 4.69) is 25.8 Å². The van der Waals surface area contributed by atoms with Crippen molar-refractivity contribution in [1.29, 1.82) is 0 Å². The highest BCUT2D eigenvalue weighted by Crippen LogP contribution is 2.23. The maximum absolute atomic E-state index is 12.8. The van der Waals surface area contributed by atoms with Crippen LogP contribution in [0, 0.1) is 0 Å². The lowest BCUT2D eigenvalue weighted by atomic mass is 10.0. The normalized spacial score (nSPS) is 15.5. The average molecular weight is 409 g/mol. The van der Waals surface area contributed by atoms with Crippen LogP contribution in [-0.2, 0) is 38.4 Å². The predicted octanol–water partition coefficient (Wildman–Crippen LogP) is 0.350. The molecule has 2 aromatic heterocycles. The molecule has 2 N–H and O–H groups in total. The van der Waals surface area contributed by atoms with E-state index in [1.807, 2.05) is 30.3 Å². The Bertz CT molecular complexity index is 1060. The number of ether oxygens (including phenoxy) is 1. The monoisotopic (exact) mass is 409 g/mol. The summed E-state index contributed by atoms with van der Waals surface area (Å²) < 4.78 is 8.86. The van der Waals surface area contributed by atoms with Crippen molar-refractivity contribution < 1.29 is 14.3 Å². The number of fused-ring (bicyclic) bond motifs is 1. The van der Waals surface area contributed by atoms with E-state index in [-0.39, 0.29) is 36.9 Å². The Kier molecular flexibility index (Phi) is 5.57. The zero-order valence-electron chi connectivity index (χ0n) is 16.8. The van der Waals surface area contributed by atoms with E-state index >= 15 is 0 Å². The van der Waals surface area contributed by atoms with Gasteiger partial charge in [-0.1, -0.05) is 30.3 Å². The van der Waals surface area contributed by atoms with Crippen molar-refractivity contribution in [2.24, 2.45) is 14.1 Å². The Hall–Kier alpha value is -3.53. The molecule has 3 aromatic rings. The second-order valence-electron chi connectivity index (χ2n) is 7.15. The number of nitrogens with one attached hydrogen (secondary N) is 2. The van der Waals surface area contributed by atoms with Gasteiger partial charge in [0.25, 0.3) is 11.8 Å². The molecule has 2 amide bonds. The van der Waals surface area contributed by atoms with Gasteiger partial charge in [-0.25, -0.2) is 4.98 Å². The Morgan fingerprint density at radius 2 is 1.93 bits per heavy atom. The van der Waals surface area contributed by atoms with Gasteiger partial charge >= 0.3 is 0 Å². The van der Waals surface area contributed by atoms with Crippen molar-refractivity contribution in [3.05, 3.63) is 65.0 Å². The van der Waals surface area contributed by atoms with Crippen molar-refractivity contribution in [3.8, 4) is 0 Å². The topological polar surface area (TPSA) is 116 Å². The van der Waals surface area contributed by atoms with Gasteiger partial charge in [-0.15, -0.1) is 5.10 Å². The van der Waals surface area contributed by atoms with E-state index in [0.29, 0.717) is 18.7 Å². The summed E-state index contributed by atoms with van der Waals surface area (Å²) in [6.07, 6.45) is 1.68. The van der Waals surface area contributed by atoms with Gasteiger partial charge in [-0.05, 0) is 5.56 Å². The highest BCUT2D eigenvalue weighted by Gasteiger charge is 2.29. The van der Waals surface area contributed by atoms with Crippen LogP contribution in [-0.4, -0.2) is 49.0 Å². The number of benzene rings is 1. The van der Waals surface area contributed by atoms with Gasteiger partial charge in [-0.3, -0.25) is 19.0 Å². The van der Waals surface area contributed by atoms with Crippen molar-refractivity contribution in [3.63, 3.8) is 0 Å². The zero-order chi connectivity index (χ0) is 21.1. The third-order valence-electron chi connectivity index (χ3n) is 4.92. The highest BCUT2D eigenvalue weighted by atomic mass is 16.5. The van der Waals surface area contributed by atoms with Crippen LogP contribution in [0.2, 0.25) is 0 Å². The summed E-state index contributed by atoms with van der Waals surface area (Å²) in [5.74, 6) is -0.439. The van der Waals surface area contributed by atoms with Crippen molar-refractivity contribution in [2.75, 3.05) is 6.54 Å². The van der Waals surface area contributed by atoms with Crippen LogP contribution in [0.5, 0.6) is 0 Å². The number of hydrogen-bond acceptors (Lipinski definition) is 6. The molecule has 4 rings (SSSR count). The van der Waals surface area contributed by atoms with Gasteiger partial charge in [-0.2, -0.15) is 5.10 Å². The molecule has 3 heterocycles. The molecule has 0 fully saturated rings. The molecule has 1 aliphatic rings. The summed E-state index contributed by atoms with van der Waals surface area (Å²) in [7, 11) is 3.45. The second kappa shape index (κ2) is 8.46. The summed E-state index contributed by atoms with van der Waals surface area (Å²) >= 11 is 0. The first kappa shape index (κ1) is 19.8. The number of aromatic nitrogens is 5. The molecule has 0 spiro atoms. The SMILES string of the molecule is Cn1cnc(C(=O)NCC2Cc3c(nn(C)c3C(=O)NCc3ccccc3)CO2)n1. The molecule has 1 atom stereocenters. The maximum atomic E-state index is 12.8. The molecular weight excluding hydrogens is 386 g/mol. The second-order valence-corrected chi connectivity index (χ2v) is 7.15. The van der Waals surface area contributed by atoms with E-state index in [1.54, 1.807) is 18.8 Å². The number of carbonyl (C=O) groups excluding carboxylic acids is 2. The van der Waals surface area contributed by atoms with Crippen molar-refractivity contribution >= 4 is 11.8 Å². The van der Waals surface area contributed by atoms with Crippen LogP contribution in [0.4, 0.5) is 0 Å². The zero-order valence-corrected chi connectivity index (χ0v) is 16.8.